The van der Waals surface area contributed by atoms with Gasteiger partial charge in [0.05, 0.1) is 11.8 Å². The zero-order valence-corrected chi connectivity index (χ0v) is 12.4. The molecule has 1 heterocycles. The van der Waals surface area contributed by atoms with Gasteiger partial charge in [0.1, 0.15) is 0 Å². The van der Waals surface area contributed by atoms with Crippen molar-refractivity contribution in [3.8, 4) is 0 Å². The van der Waals surface area contributed by atoms with Crippen LogP contribution in [0.25, 0.3) is 0 Å². The number of nitrogens with zero attached hydrogens (tertiary/aromatic N) is 1. The molecule has 0 spiro atoms. The molecule has 6 heteroatoms. The molecular formula is C15H24N2O4. The lowest BCUT2D eigenvalue weighted by molar-refractivity contribution is -0.157. The molecule has 1 saturated heterocycles. The average molecular weight is 296 g/mol. The second-order valence-corrected chi connectivity index (χ2v) is 6.02. The minimum Gasteiger partial charge on any atom is -0.455 e. The minimum atomic E-state index is -0.369. The van der Waals surface area contributed by atoms with E-state index in [0.717, 1.165) is 38.5 Å². The second-order valence-electron chi connectivity index (χ2n) is 6.02. The van der Waals surface area contributed by atoms with Crippen LogP contribution in [0.3, 0.4) is 0 Å². The lowest BCUT2D eigenvalue weighted by atomic mass is 9.89. The van der Waals surface area contributed by atoms with Crippen LogP contribution in [0.4, 0.5) is 0 Å². The van der Waals surface area contributed by atoms with Gasteiger partial charge in [-0.2, -0.15) is 0 Å². The van der Waals surface area contributed by atoms with Gasteiger partial charge in [-0.3, -0.25) is 14.4 Å². The van der Waals surface area contributed by atoms with Gasteiger partial charge in [0, 0.05) is 13.1 Å². The van der Waals surface area contributed by atoms with Gasteiger partial charge < -0.3 is 15.4 Å². The van der Waals surface area contributed by atoms with Crippen molar-refractivity contribution in [1.82, 2.24) is 4.90 Å². The van der Waals surface area contributed by atoms with E-state index in [0.29, 0.717) is 13.1 Å². The van der Waals surface area contributed by atoms with Gasteiger partial charge in [-0.1, -0.05) is 19.3 Å². The third kappa shape index (κ3) is 4.44. The first kappa shape index (κ1) is 15.8. The Morgan fingerprint density at radius 3 is 2.33 bits per heavy atom. The zero-order valence-electron chi connectivity index (χ0n) is 12.4. The molecule has 2 rings (SSSR count). The lowest BCUT2D eigenvalue weighted by Gasteiger charge is -2.31. The number of amides is 2. The molecule has 2 fully saturated rings. The topological polar surface area (TPSA) is 89.7 Å². The molecule has 2 aliphatic rings. The van der Waals surface area contributed by atoms with Crippen molar-refractivity contribution < 1.29 is 19.1 Å². The zero-order chi connectivity index (χ0) is 15.2. The maximum Gasteiger partial charge on any atom is 0.309 e. The molecule has 2 amide bonds. The van der Waals surface area contributed by atoms with Gasteiger partial charge >= 0.3 is 5.97 Å². The number of carbonyl (C=O) groups excluding carboxylic acids is 3. The lowest BCUT2D eigenvalue weighted by Crippen LogP contribution is -2.45. The Bertz CT molecular complexity index is 404. The summed E-state index contributed by atoms with van der Waals surface area (Å²) in [7, 11) is 0. The van der Waals surface area contributed by atoms with Crippen molar-refractivity contribution in [3.05, 3.63) is 0 Å². The first-order valence-electron chi connectivity index (χ1n) is 7.81. The quantitative estimate of drug-likeness (QED) is 0.778. The molecule has 118 valence electrons. The van der Waals surface area contributed by atoms with Crippen molar-refractivity contribution >= 4 is 17.8 Å². The summed E-state index contributed by atoms with van der Waals surface area (Å²) >= 11 is 0. The van der Waals surface area contributed by atoms with E-state index in [-0.39, 0.29) is 36.2 Å². The van der Waals surface area contributed by atoms with E-state index in [2.05, 4.69) is 0 Å². The van der Waals surface area contributed by atoms with Gasteiger partial charge in [0.25, 0.3) is 5.91 Å². The van der Waals surface area contributed by atoms with Crippen molar-refractivity contribution in [1.29, 1.82) is 0 Å². The van der Waals surface area contributed by atoms with Crippen molar-refractivity contribution in [3.63, 3.8) is 0 Å². The Kier molecular flexibility index (Phi) is 5.59. The summed E-state index contributed by atoms with van der Waals surface area (Å²) in [5.41, 5.74) is 5.29. The Morgan fingerprint density at radius 1 is 1.00 bits per heavy atom. The number of likely N-dealkylation sites (tertiary alicyclic amines) is 1. The monoisotopic (exact) mass is 296 g/mol. The van der Waals surface area contributed by atoms with Crippen LogP contribution < -0.4 is 5.73 Å². The smallest absolute Gasteiger partial charge is 0.309 e. The molecule has 0 radical (unpaired) electrons. The largest absolute Gasteiger partial charge is 0.455 e. The van der Waals surface area contributed by atoms with E-state index >= 15 is 0 Å². The number of primary amides is 1. The molecule has 1 aliphatic heterocycles. The first-order valence-corrected chi connectivity index (χ1v) is 7.81. The van der Waals surface area contributed by atoms with E-state index in [9.17, 15) is 14.4 Å². The number of carbonyl (C=O) groups is 3. The molecule has 1 aliphatic carbocycles. The molecular weight excluding hydrogens is 272 g/mol. The number of nitrogens with two attached hydrogens (primary N) is 1. The normalized spacial score (nSPS) is 23.6. The molecule has 6 nitrogen and oxygen atoms in total. The van der Waals surface area contributed by atoms with E-state index in [1.165, 1.54) is 6.42 Å². The summed E-state index contributed by atoms with van der Waals surface area (Å²) < 4.78 is 5.15. The second kappa shape index (κ2) is 7.43. The highest BCUT2D eigenvalue weighted by Crippen LogP contribution is 2.24. The molecule has 0 unspecified atom stereocenters. The van der Waals surface area contributed by atoms with Gasteiger partial charge in [-0.15, -0.1) is 0 Å². The fraction of sp³-hybridized carbons (Fsp3) is 0.800. The Hall–Kier alpha value is -1.59. The molecule has 1 saturated carbocycles. The minimum absolute atomic E-state index is 0.0497. The fourth-order valence-corrected chi connectivity index (χ4v) is 3.12. The predicted octanol–water partition coefficient (Wildman–Crippen LogP) is 0.834. The fourth-order valence-electron chi connectivity index (χ4n) is 3.12. The maximum atomic E-state index is 12.1. The van der Waals surface area contributed by atoms with Crippen LogP contribution in [0, 0.1) is 11.8 Å². The third-order valence-electron chi connectivity index (χ3n) is 4.45. The summed E-state index contributed by atoms with van der Waals surface area (Å²) in [5.74, 6) is -1.19. The number of ether oxygens (including phenoxy) is 1. The highest BCUT2D eigenvalue weighted by molar-refractivity contribution is 5.83. The van der Waals surface area contributed by atoms with Crippen molar-refractivity contribution in [2.45, 2.75) is 44.9 Å². The van der Waals surface area contributed by atoms with Crippen LogP contribution >= 0.6 is 0 Å². The molecule has 0 aromatic carbocycles. The SMILES string of the molecule is NC(=O)[C@@H]1CCCN(C(=O)COC(=O)C2CCCCC2)C1. The van der Waals surface area contributed by atoms with Crippen LogP contribution in [-0.4, -0.2) is 42.4 Å². The van der Waals surface area contributed by atoms with E-state index < -0.39 is 0 Å². The van der Waals surface area contributed by atoms with Crippen molar-refractivity contribution in [2.24, 2.45) is 17.6 Å². The average Bonchev–Trinajstić information content (AvgIpc) is 2.53. The summed E-state index contributed by atoms with van der Waals surface area (Å²) in [4.78, 5) is 36.7. The molecule has 0 aromatic heterocycles. The predicted molar refractivity (Wildman–Crippen MR) is 76.0 cm³/mol. The van der Waals surface area contributed by atoms with E-state index in [1.807, 2.05) is 0 Å². The number of hydrogen-bond donors (Lipinski definition) is 1. The number of piperidine rings is 1. The Labute approximate surface area is 125 Å². The first-order chi connectivity index (χ1) is 10.1. The Morgan fingerprint density at radius 2 is 1.67 bits per heavy atom. The summed E-state index contributed by atoms with van der Waals surface area (Å²) in [6, 6.07) is 0. The van der Waals surface area contributed by atoms with Gasteiger partial charge in [0.2, 0.25) is 5.91 Å². The van der Waals surface area contributed by atoms with Crippen LogP contribution in [-0.2, 0) is 19.1 Å². The van der Waals surface area contributed by atoms with Crippen LogP contribution in [0.1, 0.15) is 44.9 Å². The van der Waals surface area contributed by atoms with Crippen LogP contribution in [0.15, 0.2) is 0 Å². The number of esters is 1. The van der Waals surface area contributed by atoms with Crippen molar-refractivity contribution in [2.75, 3.05) is 19.7 Å². The standard InChI is InChI=1S/C15H24N2O4/c16-14(19)12-7-4-8-17(9-12)13(18)10-21-15(20)11-5-2-1-3-6-11/h11-12H,1-10H2,(H2,16,19)/t12-/m1/s1. The third-order valence-corrected chi connectivity index (χ3v) is 4.45. The maximum absolute atomic E-state index is 12.1. The molecule has 0 aromatic rings. The van der Waals surface area contributed by atoms with Gasteiger partial charge in [-0.05, 0) is 25.7 Å². The molecule has 0 bridgehead atoms. The van der Waals surface area contributed by atoms with Crippen LogP contribution in [0.5, 0.6) is 0 Å². The summed E-state index contributed by atoms with van der Waals surface area (Å²) in [5, 5.41) is 0. The van der Waals surface area contributed by atoms with Gasteiger partial charge in [-0.25, -0.2) is 0 Å². The molecule has 21 heavy (non-hydrogen) atoms. The van der Waals surface area contributed by atoms with E-state index in [4.69, 9.17) is 10.5 Å². The number of hydrogen-bond acceptors (Lipinski definition) is 4. The van der Waals surface area contributed by atoms with E-state index in [1.54, 1.807) is 4.90 Å². The highest BCUT2D eigenvalue weighted by Gasteiger charge is 2.28. The summed E-state index contributed by atoms with van der Waals surface area (Å²) in [6.45, 7) is 0.722. The highest BCUT2D eigenvalue weighted by atomic mass is 16.5. The Balaban J connectivity index is 1.75. The molecule has 1 atom stereocenters. The van der Waals surface area contributed by atoms with Gasteiger partial charge in [0.15, 0.2) is 6.61 Å². The summed E-state index contributed by atoms with van der Waals surface area (Å²) in [6.07, 6.45) is 6.49. The molecule has 2 N–H and O–H groups in total. The van der Waals surface area contributed by atoms with Crippen LogP contribution in [0.2, 0.25) is 0 Å². The number of rotatable bonds is 4.